The van der Waals surface area contributed by atoms with Gasteiger partial charge in [-0.3, -0.25) is 0 Å². The molecule has 0 spiro atoms. The van der Waals surface area contributed by atoms with Crippen LogP contribution in [0, 0.1) is 0 Å². The molecule has 0 amide bonds. The van der Waals surface area contributed by atoms with Crippen LogP contribution in [0.3, 0.4) is 0 Å². The molecule has 0 atom stereocenters. The molecule has 8 heteroatoms. The highest BCUT2D eigenvalue weighted by atomic mass is 19.4. The number of halogens is 3. The zero-order chi connectivity index (χ0) is 11.2. The SMILES string of the molecule is NCc1ncc[nH]1.O=C(O)C(F)(F)F. The van der Waals surface area contributed by atoms with Crippen LogP contribution in [0.15, 0.2) is 12.4 Å². The Kier molecular flexibility index (Phi) is 4.64. The molecule has 0 bridgehead atoms. The predicted molar refractivity (Wildman–Crippen MR) is 40.2 cm³/mol. The Bertz CT molecular complexity index is 270. The van der Waals surface area contributed by atoms with Crippen LogP contribution in [0.4, 0.5) is 13.2 Å². The molecule has 4 N–H and O–H groups in total. The summed E-state index contributed by atoms with van der Waals surface area (Å²) in [6, 6.07) is 0. The van der Waals surface area contributed by atoms with Crippen LogP contribution in [-0.2, 0) is 11.3 Å². The lowest BCUT2D eigenvalue weighted by Crippen LogP contribution is -2.21. The van der Waals surface area contributed by atoms with Gasteiger partial charge in [0.1, 0.15) is 5.82 Å². The third-order valence-electron chi connectivity index (χ3n) is 0.991. The number of H-pyrrole nitrogens is 1. The van der Waals surface area contributed by atoms with Crippen LogP contribution in [0.25, 0.3) is 0 Å². The number of hydrogen-bond donors (Lipinski definition) is 3. The van der Waals surface area contributed by atoms with E-state index in [1.165, 1.54) is 0 Å². The molecule has 14 heavy (non-hydrogen) atoms. The summed E-state index contributed by atoms with van der Waals surface area (Å²) in [5.41, 5.74) is 5.20. The quantitative estimate of drug-likeness (QED) is 0.630. The van der Waals surface area contributed by atoms with Crippen molar-refractivity contribution in [1.82, 2.24) is 9.97 Å². The first-order valence-corrected chi connectivity index (χ1v) is 3.36. The fourth-order valence-electron chi connectivity index (χ4n) is 0.410. The van der Waals surface area contributed by atoms with Gasteiger partial charge in [0.2, 0.25) is 0 Å². The first-order chi connectivity index (χ1) is 6.38. The van der Waals surface area contributed by atoms with E-state index in [0.717, 1.165) is 5.82 Å². The van der Waals surface area contributed by atoms with Crippen molar-refractivity contribution in [3.63, 3.8) is 0 Å². The number of imidazole rings is 1. The second-order valence-corrected chi connectivity index (χ2v) is 2.04. The number of aromatic nitrogens is 2. The number of rotatable bonds is 1. The average Bonchev–Trinajstić information content (AvgIpc) is 2.54. The molecule has 1 heterocycles. The van der Waals surface area contributed by atoms with Gasteiger partial charge in [-0.15, -0.1) is 0 Å². The number of nitrogens with two attached hydrogens (primary N) is 1. The number of nitrogens with zero attached hydrogens (tertiary/aromatic N) is 1. The van der Waals surface area contributed by atoms with Crippen LogP contribution in [0.2, 0.25) is 0 Å². The predicted octanol–water partition coefficient (Wildman–Crippen LogP) is 0.502. The second kappa shape index (κ2) is 5.22. The lowest BCUT2D eigenvalue weighted by molar-refractivity contribution is -0.192. The Hall–Kier alpha value is -1.57. The Labute approximate surface area is 76.8 Å². The zero-order valence-electron chi connectivity index (χ0n) is 6.88. The molecule has 0 aliphatic heterocycles. The van der Waals surface area contributed by atoms with E-state index in [2.05, 4.69) is 9.97 Å². The van der Waals surface area contributed by atoms with Gasteiger partial charge in [-0.2, -0.15) is 13.2 Å². The Morgan fingerprint density at radius 1 is 1.64 bits per heavy atom. The highest BCUT2D eigenvalue weighted by Crippen LogP contribution is 2.13. The average molecular weight is 211 g/mol. The minimum absolute atomic E-state index is 0.493. The van der Waals surface area contributed by atoms with E-state index in [4.69, 9.17) is 15.6 Å². The standard InChI is InChI=1S/C4H7N3.C2HF3O2/c5-3-4-6-1-2-7-4;3-2(4,5)1(6)7/h1-2H,3,5H2,(H,6,7);(H,6,7). The van der Waals surface area contributed by atoms with Crippen LogP contribution < -0.4 is 5.73 Å². The minimum atomic E-state index is -5.08. The summed E-state index contributed by atoms with van der Waals surface area (Å²) in [7, 11) is 0. The number of hydrogen-bond acceptors (Lipinski definition) is 3. The maximum atomic E-state index is 10.6. The van der Waals surface area contributed by atoms with Crippen molar-refractivity contribution in [1.29, 1.82) is 0 Å². The largest absolute Gasteiger partial charge is 0.490 e. The van der Waals surface area contributed by atoms with Gasteiger partial charge >= 0.3 is 12.1 Å². The van der Waals surface area contributed by atoms with Crippen LogP contribution >= 0.6 is 0 Å². The lowest BCUT2D eigenvalue weighted by Gasteiger charge is -1.93. The van der Waals surface area contributed by atoms with Gasteiger partial charge < -0.3 is 15.8 Å². The van der Waals surface area contributed by atoms with Gasteiger partial charge in [0, 0.05) is 12.4 Å². The van der Waals surface area contributed by atoms with Gasteiger partial charge in [-0.25, -0.2) is 9.78 Å². The van der Waals surface area contributed by atoms with E-state index >= 15 is 0 Å². The first kappa shape index (κ1) is 12.4. The van der Waals surface area contributed by atoms with E-state index in [1.807, 2.05) is 0 Å². The molecular formula is C6H8F3N3O2. The summed E-state index contributed by atoms with van der Waals surface area (Å²) < 4.78 is 31.7. The Morgan fingerprint density at radius 3 is 2.29 bits per heavy atom. The normalized spacial score (nSPS) is 10.3. The number of aliphatic carboxylic acids is 1. The number of carboxylic acids is 1. The van der Waals surface area contributed by atoms with Crippen molar-refractivity contribution in [2.45, 2.75) is 12.7 Å². The first-order valence-electron chi connectivity index (χ1n) is 3.36. The molecule has 0 fully saturated rings. The minimum Gasteiger partial charge on any atom is -0.475 e. The van der Waals surface area contributed by atoms with Crippen LogP contribution in [0.1, 0.15) is 5.82 Å². The molecule has 5 nitrogen and oxygen atoms in total. The van der Waals surface area contributed by atoms with E-state index in [1.54, 1.807) is 12.4 Å². The summed E-state index contributed by atoms with van der Waals surface area (Å²) in [4.78, 5) is 15.6. The van der Waals surface area contributed by atoms with Crippen LogP contribution in [0.5, 0.6) is 0 Å². The van der Waals surface area contributed by atoms with E-state index in [0.29, 0.717) is 6.54 Å². The van der Waals surface area contributed by atoms with E-state index < -0.39 is 12.1 Å². The number of alkyl halides is 3. The summed E-state index contributed by atoms with van der Waals surface area (Å²) in [5.74, 6) is -1.92. The van der Waals surface area contributed by atoms with E-state index in [-0.39, 0.29) is 0 Å². The molecule has 0 saturated heterocycles. The molecule has 0 unspecified atom stereocenters. The lowest BCUT2D eigenvalue weighted by atomic mass is 10.6. The maximum Gasteiger partial charge on any atom is 0.490 e. The third-order valence-corrected chi connectivity index (χ3v) is 0.991. The van der Waals surface area contributed by atoms with Gasteiger partial charge in [-0.05, 0) is 0 Å². The fourth-order valence-corrected chi connectivity index (χ4v) is 0.410. The molecular weight excluding hydrogens is 203 g/mol. The van der Waals surface area contributed by atoms with Crippen molar-refractivity contribution < 1.29 is 23.1 Å². The van der Waals surface area contributed by atoms with Gasteiger partial charge in [0.05, 0.1) is 6.54 Å². The molecule has 80 valence electrons. The highest BCUT2D eigenvalue weighted by Gasteiger charge is 2.38. The fraction of sp³-hybridized carbons (Fsp3) is 0.333. The van der Waals surface area contributed by atoms with Crippen molar-refractivity contribution >= 4 is 5.97 Å². The molecule has 1 aromatic heterocycles. The molecule has 0 radical (unpaired) electrons. The number of aromatic amines is 1. The third kappa shape index (κ3) is 5.14. The summed E-state index contributed by atoms with van der Waals surface area (Å²) in [5, 5.41) is 7.12. The monoisotopic (exact) mass is 211 g/mol. The molecule has 1 aromatic rings. The molecule has 0 aliphatic carbocycles. The van der Waals surface area contributed by atoms with Crippen molar-refractivity contribution in [2.24, 2.45) is 5.73 Å². The maximum absolute atomic E-state index is 10.6. The van der Waals surface area contributed by atoms with Crippen molar-refractivity contribution in [2.75, 3.05) is 0 Å². The van der Waals surface area contributed by atoms with Crippen molar-refractivity contribution in [3.8, 4) is 0 Å². The second-order valence-electron chi connectivity index (χ2n) is 2.04. The number of carboxylic acid groups (broad SMARTS) is 1. The highest BCUT2D eigenvalue weighted by molar-refractivity contribution is 5.73. The smallest absolute Gasteiger partial charge is 0.475 e. The van der Waals surface area contributed by atoms with Gasteiger partial charge in [0.25, 0.3) is 0 Å². The van der Waals surface area contributed by atoms with Crippen LogP contribution in [-0.4, -0.2) is 27.2 Å². The summed E-state index contributed by atoms with van der Waals surface area (Å²) >= 11 is 0. The molecule has 0 aromatic carbocycles. The van der Waals surface area contributed by atoms with Gasteiger partial charge in [0.15, 0.2) is 0 Å². The summed E-state index contributed by atoms with van der Waals surface area (Å²) in [6.07, 6.45) is -1.65. The molecule has 0 saturated carbocycles. The number of carbonyl (C=O) groups is 1. The molecule has 0 aliphatic rings. The zero-order valence-corrected chi connectivity index (χ0v) is 6.88. The Morgan fingerprint density at radius 2 is 2.14 bits per heavy atom. The van der Waals surface area contributed by atoms with E-state index in [9.17, 15) is 13.2 Å². The topological polar surface area (TPSA) is 92.0 Å². The van der Waals surface area contributed by atoms with Crippen molar-refractivity contribution in [3.05, 3.63) is 18.2 Å². The summed E-state index contributed by atoms with van der Waals surface area (Å²) in [6.45, 7) is 0.493. The molecule has 1 rings (SSSR count). The van der Waals surface area contributed by atoms with Gasteiger partial charge in [-0.1, -0.05) is 0 Å². The number of nitrogens with one attached hydrogen (secondary N) is 1. The Balaban J connectivity index is 0.000000241.